The van der Waals surface area contributed by atoms with Gasteiger partial charge in [-0.2, -0.15) is 0 Å². The Hall–Kier alpha value is -3.68. The minimum Gasteiger partial charge on any atom is -0.493 e. The second kappa shape index (κ2) is 13.1. The molecule has 0 spiro atoms. The van der Waals surface area contributed by atoms with Crippen LogP contribution in [0.5, 0.6) is 5.75 Å². The Morgan fingerprint density at radius 1 is 0.971 bits per heavy atom. The Bertz CT molecular complexity index is 1020. The van der Waals surface area contributed by atoms with Crippen LogP contribution >= 0.6 is 0 Å². The third-order valence-corrected chi connectivity index (χ3v) is 5.26. The predicted octanol–water partition coefficient (Wildman–Crippen LogP) is 4.01. The summed E-state index contributed by atoms with van der Waals surface area (Å²) >= 11 is 0. The Kier molecular flexibility index (Phi) is 9.64. The van der Waals surface area contributed by atoms with Crippen LogP contribution in [0.3, 0.4) is 0 Å². The lowest BCUT2D eigenvalue weighted by molar-refractivity contribution is -0.149. The van der Waals surface area contributed by atoms with E-state index in [1.54, 1.807) is 6.92 Å². The highest BCUT2D eigenvalue weighted by molar-refractivity contribution is 5.73. The number of hydrogen-bond acceptors (Lipinski definition) is 5. The van der Waals surface area contributed by atoms with Crippen LogP contribution in [0.15, 0.2) is 78.9 Å². The van der Waals surface area contributed by atoms with Crippen LogP contribution in [0.4, 0.5) is 5.69 Å². The summed E-state index contributed by atoms with van der Waals surface area (Å²) in [5, 5.41) is 10.7. The number of carbonyl (C=O) groups is 2. The number of carboxylic acids is 1. The first-order chi connectivity index (χ1) is 16.6. The topological polar surface area (TPSA) is 88.1 Å². The van der Waals surface area contributed by atoms with Gasteiger partial charge in [0.25, 0.3) is 0 Å². The molecule has 0 unspecified atom stereocenters. The number of nitrogens with zero attached hydrogens (tertiary/aromatic N) is 1. The maximum Gasteiger partial charge on any atom is 0.333 e. The number of carbonyl (C=O) groups excluding carboxylic acids is 1. The van der Waals surface area contributed by atoms with E-state index in [0.29, 0.717) is 32.6 Å². The van der Waals surface area contributed by atoms with Crippen LogP contribution in [0, 0.1) is 0 Å². The number of rotatable bonds is 14. The van der Waals surface area contributed by atoms with E-state index in [4.69, 9.17) is 9.47 Å². The number of amides is 1. The molecule has 2 N–H and O–H groups in total. The van der Waals surface area contributed by atoms with Crippen molar-refractivity contribution < 1.29 is 24.2 Å². The van der Waals surface area contributed by atoms with E-state index in [2.05, 4.69) is 5.43 Å². The van der Waals surface area contributed by atoms with Gasteiger partial charge >= 0.3 is 5.97 Å². The highest BCUT2D eigenvalue weighted by Gasteiger charge is 2.17. The lowest BCUT2D eigenvalue weighted by atomic mass is 10.1. The highest BCUT2D eigenvalue weighted by atomic mass is 16.5. The Labute approximate surface area is 199 Å². The number of benzene rings is 3. The maximum atomic E-state index is 11.5. The predicted molar refractivity (Wildman–Crippen MR) is 131 cm³/mol. The van der Waals surface area contributed by atoms with E-state index < -0.39 is 12.1 Å². The second-order valence-electron chi connectivity index (χ2n) is 7.69. The van der Waals surface area contributed by atoms with Crippen molar-refractivity contribution in [3.8, 4) is 5.75 Å². The van der Waals surface area contributed by atoms with E-state index in [1.165, 1.54) is 5.01 Å². The molecule has 7 nitrogen and oxygen atoms in total. The summed E-state index contributed by atoms with van der Waals surface area (Å²) in [7, 11) is 0. The second-order valence-corrected chi connectivity index (χ2v) is 7.69. The molecule has 3 aromatic carbocycles. The molecule has 7 heteroatoms. The summed E-state index contributed by atoms with van der Waals surface area (Å²) in [6, 6.07) is 25.0. The minimum absolute atomic E-state index is 0.313. The molecule has 0 aliphatic carbocycles. The zero-order chi connectivity index (χ0) is 24.2. The van der Waals surface area contributed by atoms with Gasteiger partial charge in [0.2, 0.25) is 6.41 Å². The fraction of sp³-hybridized carbons (Fsp3) is 0.259. The van der Waals surface area contributed by atoms with E-state index in [1.807, 2.05) is 78.9 Å². The normalized spacial score (nSPS) is 11.6. The van der Waals surface area contributed by atoms with Crippen LogP contribution in [-0.4, -0.2) is 36.8 Å². The Balaban J connectivity index is 1.45. The number of hydrogen-bond donors (Lipinski definition) is 2. The molecule has 1 atom stereocenters. The zero-order valence-electron chi connectivity index (χ0n) is 19.2. The number of hydrazine groups is 1. The minimum atomic E-state index is -0.962. The summed E-state index contributed by atoms with van der Waals surface area (Å²) in [5.74, 6) is -0.239. The van der Waals surface area contributed by atoms with E-state index in [9.17, 15) is 14.7 Å². The summed E-state index contributed by atoms with van der Waals surface area (Å²) in [4.78, 5) is 22.7. The number of anilines is 1. The quantitative estimate of drug-likeness (QED) is 0.278. The summed E-state index contributed by atoms with van der Waals surface area (Å²) < 4.78 is 11.1. The van der Waals surface area contributed by atoms with Crippen LogP contribution in [0.2, 0.25) is 0 Å². The molecule has 178 valence electrons. The highest BCUT2D eigenvalue weighted by Crippen LogP contribution is 2.17. The number of ether oxygens (including phenoxy) is 2. The van der Waals surface area contributed by atoms with Gasteiger partial charge in [0.05, 0.1) is 12.3 Å². The van der Waals surface area contributed by atoms with Gasteiger partial charge in [0.1, 0.15) is 5.75 Å². The standard InChI is InChI=1S/C27H30N2O5/c1-2-33-26(27(31)32)18-22-10-14-25(15-11-22)34-17-16-21-8-12-24(13-9-21)29(20-30)28-19-23-6-4-3-5-7-23/h3-15,20,26,28H,2,16-19H2,1H3,(H,31,32)/t26-/m0/s1. The summed E-state index contributed by atoms with van der Waals surface area (Å²) in [6.07, 6.45) is 0.945. The van der Waals surface area contributed by atoms with Crippen molar-refractivity contribution in [1.29, 1.82) is 0 Å². The SMILES string of the molecule is CCO[C@@H](Cc1ccc(OCCc2ccc(N(C=O)NCc3ccccc3)cc2)cc1)C(=O)O. The molecule has 3 aromatic rings. The maximum absolute atomic E-state index is 11.5. The van der Waals surface area contributed by atoms with Gasteiger partial charge < -0.3 is 14.6 Å². The lowest BCUT2D eigenvalue weighted by Gasteiger charge is -2.19. The van der Waals surface area contributed by atoms with Crippen molar-refractivity contribution in [2.45, 2.75) is 32.4 Å². The van der Waals surface area contributed by atoms with Crippen LogP contribution < -0.4 is 15.2 Å². The molecule has 0 aromatic heterocycles. The fourth-order valence-electron chi connectivity index (χ4n) is 3.43. The third kappa shape index (κ3) is 7.72. The van der Waals surface area contributed by atoms with Gasteiger partial charge in [-0.1, -0.05) is 54.6 Å². The number of carboxylic acid groups (broad SMARTS) is 1. The molecule has 1 amide bonds. The molecule has 34 heavy (non-hydrogen) atoms. The number of nitrogens with one attached hydrogen (secondary N) is 1. The van der Waals surface area contributed by atoms with Gasteiger partial charge in [-0.05, 0) is 47.9 Å². The largest absolute Gasteiger partial charge is 0.493 e. The first-order valence-electron chi connectivity index (χ1n) is 11.3. The monoisotopic (exact) mass is 462 g/mol. The fourth-order valence-corrected chi connectivity index (χ4v) is 3.43. The molecule has 0 saturated heterocycles. The van der Waals surface area contributed by atoms with Crippen molar-refractivity contribution in [3.63, 3.8) is 0 Å². The molecule has 0 fully saturated rings. The summed E-state index contributed by atoms with van der Waals surface area (Å²) in [6.45, 7) is 3.19. The zero-order valence-corrected chi connectivity index (χ0v) is 19.2. The van der Waals surface area contributed by atoms with Crippen molar-refractivity contribution >= 4 is 18.1 Å². The van der Waals surface area contributed by atoms with E-state index in [0.717, 1.165) is 34.5 Å². The Morgan fingerprint density at radius 2 is 1.65 bits per heavy atom. The summed E-state index contributed by atoms with van der Waals surface area (Å²) in [5.41, 5.74) is 6.94. The molecule has 0 heterocycles. The smallest absolute Gasteiger partial charge is 0.333 e. The molecular weight excluding hydrogens is 432 g/mol. The first-order valence-corrected chi connectivity index (χ1v) is 11.3. The van der Waals surface area contributed by atoms with Gasteiger partial charge in [0, 0.05) is 26.0 Å². The van der Waals surface area contributed by atoms with E-state index >= 15 is 0 Å². The van der Waals surface area contributed by atoms with Crippen LogP contribution in [0.25, 0.3) is 0 Å². The van der Waals surface area contributed by atoms with Crippen molar-refractivity contribution in [2.75, 3.05) is 18.2 Å². The third-order valence-electron chi connectivity index (χ3n) is 5.26. The van der Waals surface area contributed by atoms with Crippen molar-refractivity contribution in [1.82, 2.24) is 5.43 Å². The molecular formula is C27H30N2O5. The van der Waals surface area contributed by atoms with Crippen molar-refractivity contribution in [3.05, 3.63) is 95.6 Å². The first kappa shape index (κ1) is 25.0. The molecule has 0 radical (unpaired) electrons. The van der Waals surface area contributed by atoms with Gasteiger partial charge in [-0.15, -0.1) is 0 Å². The van der Waals surface area contributed by atoms with Crippen LogP contribution in [0.1, 0.15) is 23.6 Å². The van der Waals surface area contributed by atoms with E-state index in [-0.39, 0.29) is 0 Å². The van der Waals surface area contributed by atoms with Gasteiger partial charge in [-0.25, -0.2) is 15.2 Å². The van der Waals surface area contributed by atoms with Gasteiger partial charge in [0.15, 0.2) is 6.10 Å². The molecule has 0 bridgehead atoms. The van der Waals surface area contributed by atoms with Gasteiger partial charge in [-0.3, -0.25) is 4.79 Å². The Morgan fingerprint density at radius 3 is 2.26 bits per heavy atom. The average molecular weight is 463 g/mol. The molecule has 0 saturated carbocycles. The average Bonchev–Trinajstić information content (AvgIpc) is 2.86. The lowest BCUT2D eigenvalue weighted by Crippen LogP contribution is -2.36. The molecule has 0 aliphatic rings. The number of aliphatic carboxylic acids is 1. The van der Waals surface area contributed by atoms with Crippen molar-refractivity contribution in [2.24, 2.45) is 0 Å². The molecule has 0 aliphatic heterocycles. The molecule has 3 rings (SSSR count). The van der Waals surface area contributed by atoms with Crippen LogP contribution in [-0.2, 0) is 33.7 Å².